The maximum Gasteiger partial charge on any atom is 0.273 e. The molecule has 3 amide bonds. The molecule has 1 saturated heterocycles. The van der Waals surface area contributed by atoms with E-state index >= 15 is 0 Å². The number of amides is 3. The molecular formula is C28H34N6O4S. The molecule has 2 atom stereocenters. The second kappa shape index (κ2) is 11.8. The van der Waals surface area contributed by atoms with Gasteiger partial charge in [-0.2, -0.15) is 4.37 Å². The molecule has 10 nitrogen and oxygen atoms in total. The van der Waals surface area contributed by atoms with Crippen molar-refractivity contribution in [3.8, 4) is 0 Å². The molecule has 11 heteroatoms. The molecule has 0 spiro atoms. The lowest BCUT2D eigenvalue weighted by atomic mass is 10.00. The van der Waals surface area contributed by atoms with Crippen LogP contribution in [0.3, 0.4) is 0 Å². The van der Waals surface area contributed by atoms with Crippen LogP contribution in [0, 0.1) is 13.8 Å². The Morgan fingerprint density at radius 1 is 1.15 bits per heavy atom. The maximum atomic E-state index is 14.3. The number of anilines is 3. The van der Waals surface area contributed by atoms with Crippen molar-refractivity contribution in [3.05, 3.63) is 69.7 Å². The van der Waals surface area contributed by atoms with E-state index in [1.807, 2.05) is 75.3 Å². The number of hydrogen-bond donors (Lipinski definition) is 3. The molecule has 1 fully saturated rings. The van der Waals surface area contributed by atoms with Crippen LogP contribution in [-0.4, -0.2) is 55.4 Å². The number of nitrogens with two attached hydrogens (primary N) is 2. The lowest BCUT2D eigenvalue weighted by Crippen LogP contribution is -2.46. The minimum atomic E-state index is -1.05. The summed E-state index contributed by atoms with van der Waals surface area (Å²) >= 11 is 0.785. The Hall–Kier alpha value is -3.96. The standard InChI is InChI=1S/C28H34N6O4S/c1-16-7-8-17(2)21(14-16)34(28(37)25-22(29)23(26(30)35)32-39-25)24(18-9-11-19(12-10-18)33(3)4)27(36)31-15-20-6-5-13-38-20/h7-12,14,20,24H,5-6,13,15,29H2,1-4H3,(H2,30,35)(H,31,36)/t20-,24-/m0/s1. The quantitative estimate of drug-likeness (QED) is 0.371. The van der Waals surface area contributed by atoms with E-state index in [-0.39, 0.29) is 28.3 Å². The Balaban J connectivity index is 1.86. The van der Waals surface area contributed by atoms with Crippen molar-refractivity contribution >= 4 is 46.3 Å². The SMILES string of the molecule is Cc1ccc(C)c(N(C(=O)c2snc(C(N)=O)c2N)[C@H](C(=O)NC[C@@H]2CCCO2)c2ccc(N(C)C)cc2)c1. The van der Waals surface area contributed by atoms with E-state index in [1.165, 1.54) is 4.90 Å². The van der Waals surface area contributed by atoms with E-state index in [0.29, 0.717) is 24.4 Å². The van der Waals surface area contributed by atoms with Gasteiger partial charge in [0.15, 0.2) is 5.69 Å². The van der Waals surface area contributed by atoms with Crippen LogP contribution in [-0.2, 0) is 9.53 Å². The average Bonchev–Trinajstić information content (AvgIpc) is 3.57. The number of nitrogens with one attached hydrogen (secondary N) is 1. The summed E-state index contributed by atoms with van der Waals surface area (Å²) in [6.07, 6.45) is 1.72. The van der Waals surface area contributed by atoms with Gasteiger partial charge >= 0.3 is 0 Å². The zero-order valence-electron chi connectivity index (χ0n) is 22.6. The molecule has 206 valence electrons. The molecule has 1 aliphatic rings. The molecule has 0 bridgehead atoms. The minimum Gasteiger partial charge on any atom is -0.395 e. The monoisotopic (exact) mass is 550 g/mol. The molecule has 3 aromatic rings. The third kappa shape index (κ3) is 6.04. The van der Waals surface area contributed by atoms with E-state index in [9.17, 15) is 14.4 Å². The van der Waals surface area contributed by atoms with Crippen molar-refractivity contribution in [2.45, 2.75) is 38.8 Å². The van der Waals surface area contributed by atoms with Crippen LogP contribution in [0.15, 0.2) is 42.5 Å². The van der Waals surface area contributed by atoms with Gasteiger partial charge in [0.1, 0.15) is 10.9 Å². The summed E-state index contributed by atoms with van der Waals surface area (Å²) in [6, 6.07) is 12.1. The van der Waals surface area contributed by atoms with Gasteiger partial charge in [-0.25, -0.2) is 0 Å². The number of benzene rings is 2. The van der Waals surface area contributed by atoms with Crippen LogP contribution in [0.1, 0.15) is 55.7 Å². The second-order valence-electron chi connectivity index (χ2n) is 9.87. The van der Waals surface area contributed by atoms with Gasteiger partial charge < -0.3 is 26.4 Å². The lowest BCUT2D eigenvalue weighted by Gasteiger charge is -2.33. The highest BCUT2D eigenvalue weighted by Gasteiger charge is 2.37. The third-order valence-corrected chi connectivity index (χ3v) is 7.61. The van der Waals surface area contributed by atoms with E-state index in [4.69, 9.17) is 16.2 Å². The van der Waals surface area contributed by atoms with E-state index in [2.05, 4.69) is 9.69 Å². The van der Waals surface area contributed by atoms with Gasteiger partial charge in [-0.15, -0.1) is 0 Å². The predicted molar refractivity (Wildman–Crippen MR) is 153 cm³/mol. The van der Waals surface area contributed by atoms with Gasteiger partial charge in [0, 0.05) is 38.6 Å². The van der Waals surface area contributed by atoms with Crippen molar-refractivity contribution in [3.63, 3.8) is 0 Å². The molecule has 2 aromatic carbocycles. The number of ether oxygens (including phenoxy) is 1. The molecule has 1 aromatic heterocycles. The molecule has 0 radical (unpaired) electrons. The molecule has 0 unspecified atom stereocenters. The summed E-state index contributed by atoms with van der Waals surface area (Å²) < 4.78 is 9.72. The molecule has 5 N–H and O–H groups in total. The van der Waals surface area contributed by atoms with Crippen LogP contribution in [0.25, 0.3) is 0 Å². The Labute approximate surface area is 232 Å². The van der Waals surface area contributed by atoms with E-state index < -0.39 is 17.9 Å². The molecular weight excluding hydrogens is 516 g/mol. The van der Waals surface area contributed by atoms with E-state index in [0.717, 1.165) is 41.2 Å². The largest absolute Gasteiger partial charge is 0.395 e. The number of carbonyl (C=O) groups is 3. The lowest BCUT2D eigenvalue weighted by molar-refractivity contribution is -0.123. The zero-order chi connectivity index (χ0) is 28.3. The number of hydrogen-bond acceptors (Lipinski definition) is 8. The number of carbonyl (C=O) groups excluding carboxylic acids is 3. The van der Waals surface area contributed by atoms with Crippen molar-refractivity contribution in [1.29, 1.82) is 0 Å². The first-order chi connectivity index (χ1) is 18.6. The van der Waals surface area contributed by atoms with Gasteiger partial charge in [-0.1, -0.05) is 24.3 Å². The number of rotatable bonds is 9. The fourth-order valence-electron chi connectivity index (χ4n) is 4.57. The van der Waals surface area contributed by atoms with Gasteiger partial charge in [0.25, 0.3) is 11.8 Å². The molecule has 39 heavy (non-hydrogen) atoms. The first-order valence-electron chi connectivity index (χ1n) is 12.7. The maximum absolute atomic E-state index is 14.3. The third-order valence-electron chi connectivity index (χ3n) is 6.76. The highest BCUT2D eigenvalue weighted by molar-refractivity contribution is 7.09. The van der Waals surface area contributed by atoms with Gasteiger partial charge in [0.05, 0.1) is 11.8 Å². The number of primary amides is 1. The second-order valence-corrected chi connectivity index (χ2v) is 10.6. The number of nitrogens with zero attached hydrogens (tertiary/aromatic N) is 3. The first kappa shape index (κ1) is 28.1. The smallest absolute Gasteiger partial charge is 0.273 e. The van der Waals surface area contributed by atoms with Gasteiger partial charge in [0.2, 0.25) is 5.91 Å². The highest BCUT2D eigenvalue weighted by atomic mass is 32.1. The first-order valence-corrected chi connectivity index (χ1v) is 13.5. The topological polar surface area (TPSA) is 144 Å². The summed E-state index contributed by atoms with van der Waals surface area (Å²) in [6.45, 7) is 4.77. The van der Waals surface area contributed by atoms with Crippen LogP contribution in [0.4, 0.5) is 17.1 Å². The van der Waals surface area contributed by atoms with Crippen LogP contribution in [0.5, 0.6) is 0 Å². The molecule has 2 heterocycles. The summed E-state index contributed by atoms with van der Waals surface area (Å²) in [5.74, 6) is -1.75. The fourth-order valence-corrected chi connectivity index (χ4v) is 5.31. The Morgan fingerprint density at radius 3 is 2.46 bits per heavy atom. The minimum absolute atomic E-state index is 0.0338. The molecule has 0 saturated carbocycles. The Bertz CT molecular complexity index is 1360. The van der Waals surface area contributed by atoms with Crippen molar-refractivity contribution in [2.75, 3.05) is 42.8 Å². The molecule has 1 aliphatic heterocycles. The predicted octanol–water partition coefficient (Wildman–Crippen LogP) is 3.19. The molecule has 0 aliphatic carbocycles. The summed E-state index contributed by atoms with van der Waals surface area (Å²) in [4.78, 5) is 43.5. The Morgan fingerprint density at radius 2 is 1.87 bits per heavy atom. The summed E-state index contributed by atoms with van der Waals surface area (Å²) in [5, 5.41) is 3.00. The summed E-state index contributed by atoms with van der Waals surface area (Å²) in [5.41, 5.74) is 15.1. The number of aromatic nitrogens is 1. The average molecular weight is 551 g/mol. The number of aryl methyl sites for hydroxylation is 2. The van der Waals surface area contributed by atoms with Gasteiger partial charge in [-0.05, 0) is 73.1 Å². The van der Waals surface area contributed by atoms with Crippen LogP contribution < -0.4 is 26.6 Å². The summed E-state index contributed by atoms with van der Waals surface area (Å²) in [7, 11) is 3.85. The van der Waals surface area contributed by atoms with Crippen molar-refractivity contribution < 1.29 is 19.1 Å². The van der Waals surface area contributed by atoms with Crippen molar-refractivity contribution in [2.24, 2.45) is 5.73 Å². The Kier molecular flexibility index (Phi) is 8.51. The molecule has 4 rings (SSSR count). The van der Waals surface area contributed by atoms with E-state index in [1.54, 1.807) is 0 Å². The van der Waals surface area contributed by atoms with Crippen molar-refractivity contribution in [1.82, 2.24) is 9.69 Å². The highest BCUT2D eigenvalue weighted by Crippen LogP contribution is 2.36. The zero-order valence-corrected chi connectivity index (χ0v) is 23.4. The van der Waals surface area contributed by atoms with Gasteiger partial charge in [-0.3, -0.25) is 19.3 Å². The van der Waals surface area contributed by atoms with Crippen LogP contribution >= 0.6 is 11.5 Å². The van der Waals surface area contributed by atoms with Crippen LogP contribution in [0.2, 0.25) is 0 Å². The fraction of sp³-hybridized carbons (Fsp3) is 0.357. The number of nitrogen functional groups attached to an aromatic ring is 1. The normalized spacial score (nSPS) is 15.5.